The van der Waals surface area contributed by atoms with Crippen molar-refractivity contribution in [2.75, 3.05) is 11.9 Å². The Balaban J connectivity index is 2.04. The van der Waals surface area contributed by atoms with Crippen molar-refractivity contribution >= 4 is 11.9 Å². The van der Waals surface area contributed by atoms with E-state index in [9.17, 15) is 4.79 Å². The van der Waals surface area contributed by atoms with Crippen LogP contribution in [0.5, 0.6) is 0 Å². The van der Waals surface area contributed by atoms with E-state index in [4.69, 9.17) is 5.11 Å². The van der Waals surface area contributed by atoms with Crippen LogP contribution in [0, 0.1) is 0 Å². The summed E-state index contributed by atoms with van der Waals surface area (Å²) >= 11 is 0. The van der Waals surface area contributed by atoms with Crippen molar-refractivity contribution < 1.29 is 9.90 Å². The van der Waals surface area contributed by atoms with Crippen LogP contribution < -0.4 is 5.32 Å². The van der Waals surface area contributed by atoms with Crippen LogP contribution in [0.25, 0.3) is 0 Å². The first-order chi connectivity index (χ1) is 8.75. The van der Waals surface area contributed by atoms with Gasteiger partial charge in [-0.3, -0.25) is 4.98 Å². The summed E-state index contributed by atoms with van der Waals surface area (Å²) in [7, 11) is 0. The number of nitrogens with zero attached hydrogens (tertiary/aromatic N) is 4. The quantitative estimate of drug-likeness (QED) is 0.812. The average Bonchev–Trinajstić information content (AvgIpc) is 2.83. The zero-order chi connectivity index (χ0) is 12.5. The highest BCUT2D eigenvalue weighted by atomic mass is 16.4. The number of aromatic carboxylic acids is 1. The molecule has 1 aliphatic rings. The number of anilines is 1. The predicted octanol–water partition coefficient (Wildman–Crippen LogP) is 0.776. The largest absolute Gasteiger partial charge is 0.475 e. The molecule has 92 valence electrons. The topological polar surface area (TPSA) is 92.9 Å². The molecule has 7 nitrogen and oxygen atoms in total. The number of hydrogen-bond acceptors (Lipinski definition) is 5. The zero-order valence-corrected chi connectivity index (χ0v) is 9.45. The lowest BCUT2D eigenvalue weighted by atomic mass is 10.1. The molecule has 2 N–H and O–H groups in total. The van der Waals surface area contributed by atoms with Gasteiger partial charge in [0.15, 0.2) is 0 Å². The Kier molecular flexibility index (Phi) is 2.44. The molecule has 0 saturated heterocycles. The van der Waals surface area contributed by atoms with Gasteiger partial charge < -0.3 is 10.4 Å². The number of carboxylic acids is 1. The maximum Gasteiger partial charge on any atom is 0.375 e. The first-order valence-electron chi connectivity index (χ1n) is 5.60. The van der Waals surface area contributed by atoms with Crippen LogP contribution in [0.2, 0.25) is 0 Å². The number of carbonyl (C=O) groups is 1. The fourth-order valence-electron chi connectivity index (χ4n) is 2.04. The summed E-state index contributed by atoms with van der Waals surface area (Å²) in [6.45, 7) is 0.721. The second-order valence-electron chi connectivity index (χ2n) is 3.99. The number of carboxylic acid groups (broad SMARTS) is 1. The molecule has 0 saturated carbocycles. The maximum atomic E-state index is 10.9. The van der Waals surface area contributed by atoms with Crippen LogP contribution in [0.4, 0.5) is 5.95 Å². The van der Waals surface area contributed by atoms with E-state index < -0.39 is 5.97 Å². The number of pyridine rings is 1. The van der Waals surface area contributed by atoms with Crippen molar-refractivity contribution in [2.24, 2.45) is 0 Å². The van der Waals surface area contributed by atoms with Crippen molar-refractivity contribution in [3.05, 3.63) is 35.9 Å². The first-order valence-corrected chi connectivity index (χ1v) is 5.60. The molecule has 18 heavy (non-hydrogen) atoms. The third-order valence-electron chi connectivity index (χ3n) is 2.85. The molecule has 2 aromatic heterocycles. The van der Waals surface area contributed by atoms with Crippen LogP contribution >= 0.6 is 0 Å². The van der Waals surface area contributed by atoms with Crippen LogP contribution in [0.3, 0.4) is 0 Å². The molecule has 1 aliphatic heterocycles. The second kappa shape index (κ2) is 4.10. The third-order valence-corrected chi connectivity index (χ3v) is 2.85. The number of nitrogens with one attached hydrogen (secondary N) is 1. The third kappa shape index (κ3) is 1.69. The lowest BCUT2D eigenvalue weighted by molar-refractivity contribution is 0.0683. The Bertz CT molecular complexity index is 580. The lowest BCUT2D eigenvalue weighted by Gasteiger charge is -2.23. The first kappa shape index (κ1) is 10.7. The van der Waals surface area contributed by atoms with Crippen molar-refractivity contribution in [1.29, 1.82) is 0 Å². The van der Waals surface area contributed by atoms with E-state index in [1.165, 1.54) is 0 Å². The summed E-state index contributed by atoms with van der Waals surface area (Å²) in [6, 6.07) is 5.58. The standard InChI is InChI=1S/C11H11N5O2/c17-10(18)9-14-11-13-6-4-8(16(11)15-9)7-3-1-2-5-12-7/h1-3,5,8H,4,6H2,(H,17,18)(H,13,14,15). The number of fused-ring (bicyclic) bond motifs is 1. The summed E-state index contributed by atoms with van der Waals surface area (Å²) in [5, 5.41) is 16.0. The Morgan fingerprint density at radius 2 is 2.39 bits per heavy atom. The summed E-state index contributed by atoms with van der Waals surface area (Å²) in [6.07, 6.45) is 2.51. The van der Waals surface area contributed by atoms with Gasteiger partial charge in [0.25, 0.3) is 5.82 Å². The SMILES string of the molecule is O=C(O)c1nc2n(n1)C(c1ccccn1)CCN2. The fourth-order valence-corrected chi connectivity index (χ4v) is 2.04. The zero-order valence-electron chi connectivity index (χ0n) is 9.45. The summed E-state index contributed by atoms with van der Waals surface area (Å²) in [4.78, 5) is 19.1. The summed E-state index contributed by atoms with van der Waals surface area (Å²) in [5.74, 6) is -0.840. The Morgan fingerprint density at radius 3 is 3.11 bits per heavy atom. The minimum atomic E-state index is -1.13. The van der Waals surface area contributed by atoms with E-state index in [2.05, 4.69) is 20.4 Å². The molecule has 0 aliphatic carbocycles. The van der Waals surface area contributed by atoms with Crippen molar-refractivity contribution in [3.63, 3.8) is 0 Å². The van der Waals surface area contributed by atoms with Gasteiger partial charge in [-0.2, -0.15) is 4.98 Å². The normalized spacial score (nSPS) is 17.9. The van der Waals surface area contributed by atoms with Crippen molar-refractivity contribution in [2.45, 2.75) is 12.5 Å². The molecule has 2 aromatic rings. The molecule has 0 amide bonds. The van der Waals surface area contributed by atoms with Gasteiger partial charge >= 0.3 is 5.97 Å². The van der Waals surface area contributed by atoms with Gasteiger partial charge in [0.2, 0.25) is 5.95 Å². The average molecular weight is 245 g/mol. The molecule has 1 unspecified atom stereocenters. The lowest BCUT2D eigenvalue weighted by Crippen LogP contribution is -2.25. The Morgan fingerprint density at radius 1 is 1.50 bits per heavy atom. The van der Waals surface area contributed by atoms with Gasteiger partial charge in [0, 0.05) is 12.7 Å². The van der Waals surface area contributed by atoms with Crippen molar-refractivity contribution in [3.8, 4) is 0 Å². The molecule has 0 spiro atoms. The van der Waals surface area contributed by atoms with Gasteiger partial charge in [-0.15, -0.1) is 5.10 Å². The summed E-state index contributed by atoms with van der Waals surface area (Å²) in [5.41, 5.74) is 0.863. The molecule has 0 radical (unpaired) electrons. The second-order valence-corrected chi connectivity index (χ2v) is 3.99. The van der Waals surface area contributed by atoms with Crippen molar-refractivity contribution in [1.82, 2.24) is 19.7 Å². The van der Waals surface area contributed by atoms with E-state index in [1.54, 1.807) is 10.9 Å². The van der Waals surface area contributed by atoms with Crippen LogP contribution in [0.1, 0.15) is 28.8 Å². The highest BCUT2D eigenvalue weighted by Crippen LogP contribution is 2.26. The van der Waals surface area contributed by atoms with Gasteiger partial charge in [0.05, 0.1) is 11.7 Å². The monoisotopic (exact) mass is 245 g/mol. The molecule has 0 aromatic carbocycles. The smallest absolute Gasteiger partial charge is 0.375 e. The molecular formula is C11H11N5O2. The van der Waals surface area contributed by atoms with Crippen LogP contribution in [0.15, 0.2) is 24.4 Å². The Labute approximate surface area is 102 Å². The fraction of sp³-hybridized carbons (Fsp3) is 0.273. The highest BCUT2D eigenvalue weighted by Gasteiger charge is 2.26. The van der Waals surface area contributed by atoms with Gasteiger partial charge in [-0.25, -0.2) is 9.48 Å². The molecular weight excluding hydrogens is 234 g/mol. The van der Waals surface area contributed by atoms with Gasteiger partial charge in [-0.05, 0) is 18.6 Å². The van der Waals surface area contributed by atoms with E-state index in [0.29, 0.717) is 5.95 Å². The van der Waals surface area contributed by atoms with Gasteiger partial charge in [0.1, 0.15) is 0 Å². The molecule has 3 rings (SSSR count). The minimum absolute atomic E-state index is 0.0666. The maximum absolute atomic E-state index is 10.9. The summed E-state index contributed by atoms with van der Waals surface area (Å²) < 4.78 is 1.59. The van der Waals surface area contributed by atoms with Crippen LogP contribution in [-0.4, -0.2) is 37.4 Å². The number of rotatable bonds is 2. The van der Waals surface area contributed by atoms with E-state index in [-0.39, 0.29) is 11.9 Å². The highest BCUT2D eigenvalue weighted by molar-refractivity contribution is 5.83. The molecule has 7 heteroatoms. The molecule has 0 bridgehead atoms. The molecule has 3 heterocycles. The Hall–Kier alpha value is -2.44. The van der Waals surface area contributed by atoms with Gasteiger partial charge in [-0.1, -0.05) is 6.07 Å². The molecule has 0 fully saturated rings. The van der Waals surface area contributed by atoms with Crippen LogP contribution in [-0.2, 0) is 0 Å². The minimum Gasteiger partial charge on any atom is -0.475 e. The number of aromatic nitrogens is 4. The van der Waals surface area contributed by atoms with E-state index in [0.717, 1.165) is 18.7 Å². The van der Waals surface area contributed by atoms with E-state index >= 15 is 0 Å². The van der Waals surface area contributed by atoms with E-state index in [1.807, 2.05) is 18.2 Å². The molecule has 1 atom stereocenters. The number of hydrogen-bond donors (Lipinski definition) is 2. The predicted molar refractivity (Wildman–Crippen MR) is 62.5 cm³/mol.